The highest BCUT2D eigenvalue weighted by molar-refractivity contribution is 7.92. The van der Waals surface area contributed by atoms with Gasteiger partial charge in [-0.3, -0.25) is 9.52 Å². The number of para-hydroxylation sites is 2. The van der Waals surface area contributed by atoms with E-state index >= 15 is 0 Å². The highest BCUT2D eigenvalue weighted by Gasteiger charge is 2.19. The molecule has 1 unspecified atom stereocenters. The van der Waals surface area contributed by atoms with E-state index in [1.54, 1.807) is 42.5 Å². The predicted molar refractivity (Wildman–Crippen MR) is 98.0 cm³/mol. The molecule has 1 saturated heterocycles. The molecule has 1 fully saturated rings. The van der Waals surface area contributed by atoms with Crippen LogP contribution in [0.1, 0.15) is 19.3 Å². The molecule has 6 nitrogen and oxygen atoms in total. The average Bonchev–Trinajstić information content (AvgIpc) is 3.10. The summed E-state index contributed by atoms with van der Waals surface area (Å²) in [4.78, 5) is 12.4. The van der Waals surface area contributed by atoms with Crippen molar-refractivity contribution in [3.63, 3.8) is 0 Å². The molecule has 2 aromatic carbocycles. The lowest BCUT2D eigenvalue weighted by atomic mass is 10.1. The predicted octanol–water partition coefficient (Wildman–Crippen LogP) is 2.57. The minimum atomic E-state index is -3.71. The van der Waals surface area contributed by atoms with Gasteiger partial charge in [0.05, 0.1) is 16.3 Å². The van der Waals surface area contributed by atoms with Gasteiger partial charge in [0.25, 0.3) is 10.0 Å². The second kappa shape index (κ2) is 7.67. The number of sulfonamides is 1. The molecule has 25 heavy (non-hydrogen) atoms. The van der Waals surface area contributed by atoms with Crippen LogP contribution in [0.4, 0.5) is 11.4 Å². The van der Waals surface area contributed by atoms with Gasteiger partial charge in [-0.25, -0.2) is 8.42 Å². The molecule has 7 heteroatoms. The van der Waals surface area contributed by atoms with Gasteiger partial charge in [0.1, 0.15) is 0 Å². The van der Waals surface area contributed by atoms with E-state index in [1.807, 2.05) is 0 Å². The van der Waals surface area contributed by atoms with Crippen LogP contribution in [0, 0.1) is 0 Å². The smallest absolute Gasteiger partial charge is 0.261 e. The largest absolute Gasteiger partial charge is 0.324 e. The molecule has 0 radical (unpaired) electrons. The number of anilines is 2. The Morgan fingerprint density at radius 3 is 2.40 bits per heavy atom. The van der Waals surface area contributed by atoms with Crippen LogP contribution in [0.2, 0.25) is 0 Å². The quantitative estimate of drug-likeness (QED) is 0.740. The SMILES string of the molecule is O=C(CC1CCCN1)Nc1ccccc1NS(=O)(=O)c1ccccc1. The van der Waals surface area contributed by atoms with Gasteiger partial charge in [0.15, 0.2) is 0 Å². The molecule has 0 aliphatic carbocycles. The molecule has 1 heterocycles. The number of carbonyl (C=O) groups excluding carboxylic acids is 1. The van der Waals surface area contributed by atoms with Crippen LogP contribution in [0.15, 0.2) is 59.5 Å². The number of carbonyl (C=O) groups is 1. The van der Waals surface area contributed by atoms with Crippen LogP contribution in [-0.2, 0) is 14.8 Å². The summed E-state index contributed by atoms with van der Waals surface area (Å²) >= 11 is 0. The van der Waals surface area contributed by atoms with E-state index in [-0.39, 0.29) is 16.8 Å². The maximum absolute atomic E-state index is 12.5. The van der Waals surface area contributed by atoms with Crippen molar-refractivity contribution in [1.82, 2.24) is 5.32 Å². The monoisotopic (exact) mass is 359 g/mol. The van der Waals surface area contributed by atoms with Gasteiger partial charge in [-0.1, -0.05) is 30.3 Å². The first-order valence-electron chi connectivity index (χ1n) is 8.25. The lowest BCUT2D eigenvalue weighted by molar-refractivity contribution is -0.116. The van der Waals surface area contributed by atoms with Crippen LogP contribution in [0.3, 0.4) is 0 Å². The Balaban J connectivity index is 1.73. The Morgan fingerprint density at radius 2 is 1.72 bits per heavy atom. The summed E-state index contributed by atoms with van der Waals surface area (Å²) in [6, 6.07) is 15.1. The van der Waals surface area contributed by atoms with Crippen molar-refractivity contribution in [3.05, 3.63) is 54.6 Å². The molecule has 0 bridgehead atoms. The Kier molecular flexibility index (Phi) is 5.35. The van der Waals surface area contributed by atoms with Crippen molar-refractivity contribution in [2.24, 2.45) is 0 Å². The molecule has 1 amide bonds. The summed E-state index contributed by atoms with van der Waals surface area (Å²) in [5.41, 5.74) is 0.795. The Hall–Kier alpha value is -2.38. The molecule has 3 N–H and O–H groups in total. The molecule has 2 aromatic rings. The summed E-state index contributed by atoms with van der Waals surface area (Å²) in [6.07, 6.45) is 2.43. The van der Waals surface area contributed by atoms with E-state index in [4.69, 9.17) is 0 Å². The molecule has 0 spiro atoms. The molecule has 1 aliphatic rings. The van der Waals surface area contributed by atoms with Crippen molar-refractivity contribution in [2.75, 3.05) is 16.6 Å². The molecule has 1 aliphatic heterocycles. The zero-order valence-electron chi connectivity index (χ0n) is 13.7. The Labute approximate surface area is 147 Å². The zero-order chi connectivity index (χ0) is 17.7. The minimum absolute atomic E-state index is 0.134. The van der Waals surface area contributed by atoms with E-state index in [9.17, 15) is 13.2 Å². The van der Waals surface area contributed by atoms with Crippen molar-refractivity contribution >= 4 is 27.3 Å². The third kappa shape index (κ3) is 4.58. The van der Waals surface area contributed by atoms with Gasteiger partial charge in [-0.15, -0.1) is 0 Å². The standard InChI is InChI=1S/C18H21N3O3S/c22-18(13-14-7-6-12-19-14)20-16-10-4-5-11-17(16)21-25(23,24)15-8-2-1-3-9-15/h1-5,8-11,14,19,21H,6-7,12-13H2,(H,20,22). The van der Waals surface area contributed by atoms with Crippen LogP contribution in [-0.4, -0.2) is 26.9 Å². The Bertz CT molecular complexity index is 832. The van der Waals surface area contributed by atoms with E-state index in [2.05, 4.69) is 15.4 Å². The lowest BCUT2D eigenvalue weighted by Gasteiger charge is -2.15. The van der Waals surface area contributed by atoms with E-state index < -0.39 is 10.0 Å². The van der Waals surface area contributed by atoms with Crippen LogP contribution >= 0.6 is 0 Å². The first-order valence-corrected chi connectivity index (χ1v) is 9.73. The fourth-order valence-corrected chi connectivity index (χ4v) is 3.94. The normalized spacial score (nSPS) is 17.2. The van der Waals surface area contributed by atoms with Gasteiger partial charge >= 0.3 is 0 Å². The maximum atomic E-state index is 12.5. The maximum Gasteiger partial charge on any atom is 0.261 e. The first kappa shape index (κ1) is 17.4. The molecule has 1 atom stereocenters. The second-order valence-corrected chi connectivity index (χ2v) is 7.69. The third-order valence-electron chi connectivity index (χ3n) is 4.09. The zero-order valence-corrected chi connectivity index (χ0v) is 14.6. The molecule has 132 valence electrons. The number of hydrogen-bond donors (Lipinski definition) is 3. The summed E-state index contributed by atoms with van der Waals surface area (Å²) < 4.78 is 27.5. The Morgan fingerprint density at radius 1 is 1.04 bits per heavy atom. The minimum Gasteiger partial charge on any atom is -0.324 e. The van der Waals surface area contributed by atoms with Gasteiger partial charge in [-0.05, 0) is 43.7 Å². The number of rotatable bonds is 6. The number of benzene rings is 2. The molecule has 0 saturated carbocycles. The van der Waals surface area contributed by atoms with Crippen molar-refractivity contribution in [2.45, 2.75) is 30.2 Å². The van der Waals surface area contributed by atoms with Gasteiger partial charge in [0.2, 0.25) is 5.91 Å². The van der Waals surface area contributed by atoms with E-state index in [1.165, 1.54) is 12.1 Å². The van der Waals surface area contributed by atoms with Gasteiger partial charge < -0.3 is 10.6 Å². The number of hydrogen-bond acceptors (Lipinski definition) is 4. The first-order chi connectivity index (χ1) is 12.0. The van der Waals surface area contributed by atoms with Crippen LogP contribution in [0.25, 0.3) is 0 Å². The van der Waals surface area contributed by atoms with Crippen molar-refractivity contribution in [1.29, 1.82) is 0 Å². The van der Waals surface area contributed by atoms with E-state index in [0.29, 0.717) is 17.8 Å². The van der Waals surface area contributed by atoms with Crippen molar-refractivity contribution in [3.8, 4) is 0 Å². The molecule has 0 aromatic heterocycles. The third-order valence-corrected chi connectivity index (χ3v) is 5.47. The summed E-state index contributed by atoms with van der Waals surface area (Å²) in [5.74, 6) is -0.134. The average molecular weight is 359 g/mol. The molecular weight excluding hydrogens is 338 g/mol. The highest BCUT2D eigenvalue weighted by atomic mass is 32.2. The number of nitrogens with one attached hydrogen (secondary N) is 3. The second-order valence-electron chi connectivity index (χ2n) is 6.01. The van der Waals surface area contributed by atoms with Crippen molar-refractivity contribution < 1.29 is 13.2 Å². The fraction of sp³-hybridized carbons (Fsp3) is 0.278. The lowest BCUT2D eigenvalue weighted by Crippen LogP contribution is -2.27. The highest BCUT2D eigenvalue weighted by Crippen LogP contribution is 2.25. The van der Waals surface area contributed by atoms with E-state index in [0.717, 1.165) is 19.4 Å². The summed E-state index contributed by atoms with van der Waals surface area (Å²) in [5, 5.41) is 6.08. The van der Waals surface area contributed by atoms with Crippen LogP contribution in [0.5, 0.6) is 0 Å². The fourth-order valence-electron chi connectivity index (χ4n) is 2.84. The summed E-state index contributed by atoms with van der Waals surface area (Å²) in [6.45, 7) is 0.936. The topological polar surface area (TPSA) is 87.3 Å². The van der Waals surface area contributed by atoms with Crippen LogP contribution < -0.4 is 15.4 Å². The molecule has 3 rings (SSSR count). The molecular formula is C18H21N3O3S. The van der Waals surface area contributed by atoms with Gasteiger partial charge in [-0.2, -0.15) is 0 Å². The summed E-state index contributed by atoms with van der Waals surface area (Å²) in [7, 11) is -3.71. The number of amides is 1. The van der Waals surface area contributed by atoms with Gasteiger partial charge in [0, 0.05) is 12.5 Å².